The van der Waals surface area contributed by atoms with E-state index in [-0.39, 0.29) is 18.7 Å². The molecule has 2 rings (SSSR count). The zero-order valence-electron chi connectivity index (χ0n) is 11.0. The van der Waals surface area contributed by atoms with Crippen molar-refractivity contribution in [1.82, 2.24) is 14.7 Å². The van der Waals surface area contributed by atoms with E-state index in [1.807, 2.05) is 22.2 Å². The lowest BCUT2D eigenvalue weighted by Crippen LogP contribution is -2.26. The van der Waals surface area contributed by atoms with Crippen molar-refractivity contribution in [3.05, 3.63) is 23.5 Å². The number of nitrogens with one attached hydrogen (secondary N) is 1. The molecule has 20 heavy (non-hydrogen) atoms. The van der Waals surface area contributed by atoms with Crippen molar-refractivity contribution in [3.8, 4) is 0 Å². The van der Waals surface area contributed by atoms with Crippen molar-refractivity contribution in [3.63, 3.8) is 0 Å². The number of carboxylic acids is 1. The van der Waals surface area contributed by atoms with Crippen molar-refractivity contribution < 1.29 is 14.7 Å². The molecule has 0 spiro atoms. The summed E-state index contributed by atoms with van der Waals surface area (Å²) in [6.45, 7) is 0.584. The van der Waals surface area contributed by atoms with Gasteiger partial charge < -0.3 is 10.4 Å². The summed E-state index contributed by atoms with van der Waals surface area (Å²) < 4.78 is 1.90. The Morgan fingerprint density at radius 3 is 2.95 bits per heavy atom. The Morgan fingerprint density at radius 2 is 2.20 bits per heavy atom. The van der Waals surface area contributed by atoms with Crippen LogP contribution in [0.2, 0.25) is 0 Å². The largest absolute Gasteiger partial charge is 0.481 e. The van der Waals surface area contributed by atoms with Gasteiger partial charge >= 0.3 is 5.97 Å². The van der Waals surface area contributed by atoms with Crippen LogP contribution in [-0.2, 0) is 16.0 Å². The molecule has 0 fully saturated rings. The predicted molar refractivity (Wildman–Crippen MR) is 75.9 cm³/mol. The van der Waals surface area contributed by atoms with Crippen LogP contribution < -0.4 is 5.32 Å². The highest BCUT2D eigenvalue weighted by molar-refractivity contribution is 7.15. The number of aliphatic carboxylic acids is 1. The van der Waals surface area contributed by atoms with Gasteiger partial charge in [0.05, 0.1) is 12.1 Å². The fourth-order valence-electron chi connectivity index (χ4n) is 1.89. The summed E-state index contributed by atoms with van der Waals surface area (Å²) in [6, 6.07) is 0. The zero-order chi connectivity index (χ0) is 14.4. The molecule has 0 aliphatic heterocycles. The van der Waals surface area contributed by atoms with Gasteiger partial charge in [-0.25, -0.2) is 4.98 Å². The Balaban J connectivity index is 1.63. The molecule has 0 bridgehead atoms. The molecular weight excluding hydrogens is 278 g/mol. The SMILES string of the molecule is O=C(O)CCCCCNC(=O)Cc1cn2ccsc2n1. The molecule has 0 saturated carbocycles. The third-order valence-electron chi connectivity index (χ3n) is 2.87. The van der Waals surface area contributed by atoms with E-state index in [0.29, 0.717) is 13.0 Å². The van der Waals surface area contributed by atoms with Gasteiger partial charge in [-0.05, 0) is 12.8 Å². The Morgan fingerprint density at radius 1 is 1.35 bits per heavy atom. The van der Waals surface area contributed by atoms with Crippen LogP contribution in [0.4, 0.5) is 0 Å². The first-order chi connectivity index (χ1) is 9.65. The molecule has 2 aromatic rings. The predicted octanol–water partition coefficient (Wildman–Crippen LogP) is 1.70. The number of carboxylic acid groups (broad SMARTS) is 1. The molecule has 2 heterocycles. The smallest absolute Gasteiger partial charge is 0.303 e. The van der Waals surface area contributed by atoms with E-state index >= 15 is 0 Å². The summed E-state index contributed by atoms with van der Waals surface area (Å²) in [5, 5.41) is 13.3. The van der Waals surface area contributed by atoms with Gasteiger partial charge in [0.1, 0.15) is 0 Å². The molecule has 0 unspecified atom stereocenters. The summed E-state index contributed by atoms with van der Waals surface area (Å²) in [5.41, 5.74) is 0.764. The van der Waals surface area contributed by atoms with E-state index in [1.165, 1.54) is 11.3 Å². The molecule has 1 amide bonds. The molecular formula is C13H17N3O3S. The number of hydrogen-bond acceptors (Lipinski definition) is 4. The fourth-order valence-corrected chi connectivity index (χ4v) is 2.61. The third-order valence-corrected chi connectivity index (χ3v) is 3.65. The number of carbonyl (C=O) groups excluding carboxylic acids is 1. The number of rotatable bonds is 8. The maximum absolute atomic E-state index is 11.7. The monoisotopic (exact) mass is 295 g/mol. The molecule has 7 heteroatoms. The second-order valence-electron chi connectivity index (χ2n) is 4.56. The lowest BCUT2D eigenvalue weighted by molar-refractivity contribution is -0.137. The van der Waals surface area contributed by atoms with Gasteiger partial charge in [0.15, 0.2) is 4.96 Å². The number of nitrogens with zero attached hydrogens (tertiary/aromatic N) is 2. The maximum atomic E-state index is 11.7. The molecule has 6 nitrogen and oxygen atoms in total. The average molecular weight is 295 g/mol. The second-order valence-corrected chi connectivity index (χ2v) is 5.43. The van der Waals surface area contributed by atoms with Crippen LogP contribution in [0.25, 0.3) is 4.96 Å². The Bertz CT molecular complexity index is 562. The van der Waals surface area contributed by atoms with E-state index in [2.05, 4.69) is 10.3 Å². The number of thiazole rings is 1. The fraction of sp³-hybridized carbons (Fsp3) is 0.462. The van der Waals surface area contributed by atoms with Crippen molar-refractivity contribution in [2.45, 2.75) is 32.1 Å². The van der Waals surface area contributed by atoms with Gasteiger partial charge in [-0.1, -0.05) is 6.42 Å². The van der Waals surface area contributed by atoms with Crippen LogP contribution in [0.5, 0.6) is 0 Å². The topological polar surface area (TPSA) is 83.7 Å². The molecule has 0 aliphatic carbocycles. The number of hydrogen-bond donors (Lipinski definition) is 2. The van der Waals surface area contributed by atoms with Crippen molar-refractivity contribution >= 4 is 28.2 Å². The van der Waals surface area contributed by atoms with Crippen molar-refractivity contribution in [1.29, 1.82) is 0 Å². The van der Waals surface area contributed by atoms with Crippen LogP contribution in [0, 0.1) is 0 Å². The van der Waals surface area contributed by atoms with Gasteiger partial charge in [0.25, 0.3) is 0 Å². The normalized spacial score (nSPS) is 10.8. The number of carbonyl (C=O) groups is 2. The molecule has 0 saturated heterocycles. The van der Waals surface area contributed by atoms with Crippen LogP contribution in [0.3, 0.4) is 0 Å². The first-order valence-electron chi connectivity index (χ1n) is 6.55. The molecule has 2 aromatic heterocycles. The lowest BCUT2D eigenvalue weighted by atomic mass is 10.2. The Hall–Kier alpha value is -1.89. The van der Waals surface area contributed by atoms with Crippen LogP contribution in [0.15, 0.2) is 17.8 Å². The van der Waals surface area contributed by atoms with E-state index in [9.17, 15) is 9.59 Å². The number of fused-ring (bicyclic) bond motifs is 1. The first kappa shape index (κ1) is 14.5. The number of unbranched alkanes of at least 4 members (excludes halogenated alkanes) is 2. The quantitative estimate of drug-likeness (QED) is 0.726. The third kappa shape index (κ3) is 4.34. The summed E-state index contributed by atoms with van der Waals surface area (Å²) in [5.74, 6) is -0.817. The zero-order valence-corrected chi connectivity index (χ0v) is 11.9. The molecule has 0 radical (unpaired) electrons. The second kappa shape index (κ2) is 7.04. The lowest BCUT2D eigenvalue weighted by Gasteiger charge is -2.03. The minimum absolute atomic E-state index is 0.0472. The maximum Gasteiger partial charge on any atom is 0.303 e. The number of aromatic nitrogens is 2. The van der Waals surface area contributed by atoms with E-state index in [4.69, 9.17) is 5.11 Å². The van der Waals surface area contributed by atoms with Gasteiger partial charge in [0, 0.05) is 30.7 Å². The van der Waals surface area contributed by atoms with Gasteiger partial charge in [-0.15, -0.1) is 11.3 Å². The standard InChI is InChI=1S/C13H17N3O3S/c17-11(14-5-3-1-2-4-12(18)19)8-10-9-16-6-7-20-13(16)15-10/h6-7,9H,1-5,8H2,(H,14,17)(H,18,19). The van der Waals surface area contributed by atoms with Crippen molar-refractivity contribution in [2.24, 2.45) is 0 Å². The Kier molecular flexibility index (Phi) is 5.11. The number of imidazole rings is 1. The highest BCUT2D eigenvalue weighted by Crippen LogP contribution is 2.11. The van der Waals surface area contributed by atoms with Crippen LogP contribution in [-0.4, -0.2) is 32.9 Å². The Labute approximate surface area is 120 Å². The molecule has 0 aromatic carbocycles. The summed E-state index contributed by atoms with van der Waals surface area (Å²) >= 11 is 1.54. The molecule has 0 aliphatic rings. The molecule has 2 N–H and O–H groups in total. The minimum atomic E-state index is -0.770. The minimum Gasteiger partial charge on any atom is -0.481 e. The van der Waals surface area contributed by atoms with Crippen molar-refractivity contribution in [2.75, 3.05) is 6.54 Å². The summed E-state index contributed by atoms with van der Waals surface area (Å²) in [6.07, 6.45) is 6.52. The molecule has 0 atom stereocenters. The van der Waals surface area contributed by atoms with Crippen LogP contribution >= 0.6 is 11.3 Å². The van der Waals surface area contributed by atoms with Gasteiger partial charge in [0.2, 0.25) is 5.91 Å². The van der Waals surface area contributed by atoms with Gasteiger partial charge in [-0.2, -0.15) is 0 Å². The van der Waals surface area contributed by atoms with E-state index < -0.39 is 5.97 Å². The van der Waals surface area contributed by atoms with Crippen LogP contribution in [0.1, 0.15) is 31.4 Å². The first-order valence-corrected chi connectivity index (χ1v) is 7.42. The highest BCUT2D eigenvalue weighted by atomic mass is 32.1. The van der Waals surface area contributed by atoms with E-state index in [1.54, 1.807) is 0 Å². The molecule has 108 valence electrons. The summed E-state index contributed by atoms with van der Waals surface area (Å²) in [7, 11) is 0. The number of amides is 1. The summed E-state index contributed by atoms with van der Waals surface area (Å²) in [4.78, 5) is 27.3. The highest BCUT2D eigenvalue weighted by Gasteiger charge is 2.07. The van der Waals surface area contributed by atoms with Gasteiger partial charge in [-0.3, -0.25) is 14.0 Å². The van der Waals surface area contributed by atoms with E-state index in [0.717, 1.165) is 23.5 Å². The average Bonchev–Trinajstić information content (AvgIpc) is 2.93.